The van der Waals surface area contributed by atoms with Crippen molar-refractivity contribution in [2.75, 3.05) is 13.2 Å². The molecule has 0 saturated carbocycles. The zero-order valence-electron chi connectivity index (χ0n) is 10.1. The van der Waals surface area contributed by atoms with Crippen LogP contribution in [0.5, 0.6) is 0 Å². The first-order valence-corrected chi connectivity index (χ1v) is 6.20. The Balaban J connectivity index is 2.08. The number of amides is 1. The Bertz CT molecular complexity index is 569. The Kier molecular flexibility index (Phi) is 4.54. The van der Waals surface area contributed by atoms with Crippen molar-refractivity contribution in [3.8, 4) is 11.3 Å². The van der Waals surface area contributed by atoms with Crippen LogP contribution in [0.2, 0.25) is 5.02 Å². The Hall–Kier alpha value is -1.85. The van der Waals surface area contributed by atoms with Gasteiger partial charge >= 0.3 is 0 Å². The molecule has 0 radical (unpaired) electrons. The number of aliphatic hydroxyl groups excluding tert-OH is 1. The molecule has 0 atom stereocenters. The number of hydrogen-bond acceptors (Lipinski definition) is 4. The standard InChI is InChI=1S/C13H13ClN2O3/c14-10-4-1-3-9(7-10)12-8-11(16-19-12)13(18)15-5-2-6-17/h1,3-4,7-8,17H,2,5-6H2,(H,15,18). The van der Waals surface area contributed by atoms with Crippen LogP contribution in [0, 0.1) is 0 Å². The maximum Gasteiger partial charge on any atom is 0.273 e. The zero-order valence-corrected chi connectivity index (χ0v) is 10.9. The second-order valence-corrected chi connectivity index (χ2v) is 4.36. The van der Waals surface area contributed by atoms with Crippen LogP contribution in [0.4, 0.5) is 0 Å². The van der Waals surface area contributed by atoms with E-state index in [0.29, 0.717) is 23.7 Å². The molecule has 2 N–H and O–H groups in total. The molecule has 1 amide bonds. The van der Waals surface area contributed by atoms with Crippen molar-refractivity contribution < 1.29 is 14.4 Å². The number of carbonyl (C=O) groups is 1. The number of aromatic nitrogens is 1. The van der Waals surface area contributed by atoms with E-state index in [9.17, 15) is 4.79 Å². The van der Waals surface area contributed by atoms with Gasteiger partial charge in [0.15, 0.2) is 11.5 Å². The van der Waals surface area contributed by atoms with Crippen molar-refractivity contribution in [1.82, 2.24) is 10.5 Å². The van der Waals surface area contributed by atoms with Crippen LogP contribution in [-0.4, -0.2) is 29.3 Å². The fraction of sp³-hybridized carbons (Fsp3) is 0.231. The smallest absolute Gasteiger partial charge is 0.273 e. The lowest BCUT2D eigenvalue weighted by atomic mass is 10.1. The highest BCUT2D eigenvalue weighted by molar-refractivity contribution is 6.30. The van der Waals surface area contributed by atoms with Crippen LogP contribution >= 0.6 is 11.6 Å². The molecule has 0 unspecified atom stereocenters. The molecule has 2 rings (SSSR count). The lowest BCUT2D eigenvalue weighted by molar-refractivity contribution is 0.0942. The quantitative estimate of drug-likeness (QED) is 0.823. The second-order valence-electron chi connectivity index (χ2n) is 3.92. The Morgan fingerprint density at radius 2 is 2.26 bits per heavy atom. The van der Waals surface area contributed by atoms with Gasteiger partial charge < -0.3 is 14.9 Å². The summed E-state index contributed by atoms with van der Waals surface area (Å²) in [6, 6.07) is 8.65. The number of rotatable bonds is 5. The Labute approximate surface area is 115 Å². The lowest BCUT2D eigenvalue weighted by Crippen LogP contribution is -2.25. The van der Waals surface area contributed by atoms with E-state index in [1.165, 1.54) is 0 Å². The topological polar surface area (TPSA) is 75.4 Å². The lowest BCUT2D eigenvalue weighted by Gasteiger charge is -1.99. The summed E-state index contributed by atoms with van der Waals surface area (Å²) in [6.45, 7) is 0.432. The van der Waals surface area contributed by atoms with Gasteiger partial charge in [-0.3, -0.25) is 4.79 Å². The summed E-state index contributed by atoms with van der Waals surface area (Å²) < 4.78 is 5.11. The van der Waals surface area contributed by atoms with Crippen molar-refractivity contribution in [2.45, 2.75) is 6.42 Å². The Morgan fingerprint density at radius 3 is 3.00 bits per heavy atom. The minimum absolute atomic E-state index is 0.0346. The molecule has 19 heavy (non-hydrogen) atoms. The molecule has 5 nitrogen and oxygen atoms in total. The van der Waals surface area contributed by atoms with Crippen molar-refractivity contribution in [1.29, 1.82) is 0 Å². The molecule has 1 heterocycles. The first kappa shape index (κ1) is 13.6. The van der Waals surface area contributed by atoms with Crippen molar-refractivity contribution in [2.24, 2.45) is 0 Å². The average Bonchev–Trinajstić information content (AvgIpc) is 2.88. The average molecular weight is 281 g/mol. The third-order valence-corrected chi connectivity index (χ3v) is 2.71. The van der Waals surface area contributed by atoms with Crippen LogP contribution < -0.4 is 5.32 Å². The first-order valence-electron chi connectivity index (χ1n) is 5.82. The maximum absolute atomic E-state index is 11.7. The third-order valence-electron chi connectivity index (χ3n) is 2.47. The van der Waals surface area contributed by atoms with Crippen LogP contribution in [0.1, 0.15) is 16.9 Å². The minimum atomic E-state index is -0.328. The number of benzene rings is 1. The Morgan fingerprint density at radius 1 is 1.42 bits per heavy atom. The van der Waals surface area contributed by atoms with E-state index in [1.807, 2.05) is 6.07 Å². The van der Waals surface area contributed by atoms with Gasteiger partial charge in [-0.15, -0.1) is 0 Å². The molecule has 0 spiro atoms. The van der Waals surface area contributed by atoms with Gasteiger partial charge in [0.05, 0.1) is 0 Å². The van der Waals surface area contributed by atoms with Gasteiger partial charge in [0.1, 0.15) is 0 Å². The van der Waals surface area contributed by atoms with Crippen LogP contribution in [0.3, 0.4) is 0 Å². The van der Waals surface area contributed by atoms with Gasteiger partial charge in [-0.2, -0.15) is 0 Å². The molecular formula is C13H13ClN2O3. The molecule has 0 aliphatic rings. The largest absolute Gasteiger partial charge is 0.396 e. The van der Waals surface area contributed by atoms with Gasteiger partial charge in [-0.25, -0.2) is 0 Å². The molecule has 0 saturated heterocycles. The number of carbonyl (C=O) groups excluding carboxylic acids is 1. The summed E-state index contributed by atoms with van der Waals surface area (Å²) in [5.74, 6) is 0.153. The number of halogens is 1. The summed E-state index contributed by atoms with van der Waals surface area (Å²) >= 11 is 5.88. The second kappa shape index (κ2) is 6.36. The first-order chi connectivity index (χ1) is 9.20. The van der Waals surface area contributed by atoms with E-state index in [-0.39, 0.29) is 18.2 Å². The predicted molar refractivity (Wildman–Crippen MR) is 71.0 cm³/mol. The molecule has 6 heteroatoms. The molecule has 1 aromatic carbocycles. The summed E-state index contributed by atoms with van der Waals surface area (Å²) in [4.78, 5) is 11.7. The van der Waals surface area contributed by atoms with Crippen LogP contribution in [0.25, 0.3) is 11.3 Å². The highest BCUT2D eigenvalue weighted by Gasteiger charge is 2.13. The van der Waals surface area contributed by atoms with Crippen LogP contribution in [0.15, 0.2) is 34.9 Å². The summed E-state index contributed by atoms with van der Waals surface area (Å²) in [7, 11) is 0. The molecule has 100 valence electrons. The number of nitrogens with zero attached hydrogens (tertiary/aromatic N) is 1. The molecule has 0 bridgehead atoms. The fourth-order valence-corrected chi connectivity index (χ4v) is 1.72. The summed E-state index contributed by atoms with van der Waals surface area (Å²) in [6.07, 6.45) is 0.505. The monoisotopic (exact) mass is 280 g/mol. The van der Waals surface area contributed by atoms with Gasteiger partial charge in [-0.1, -0.05) is 28.9 Å². The van der Waals surface area contributed by atoms with Gasteiger partial charge in [-0.05, 0) is 18.6 Å². The predicted octanol–water partition coefficient (Wildman–Crippen LogP) is 2.11. The van der Waals surface area contributed by atoms with E-state index in [4.69, 9.17) is 21.2 Å². The van der Waals surface area contributed by atoms with Crippen molar-refractivity contribution in [3.63, 3.8) is 0 Å². The third kappa shape index (κ3) is 3.56. The SMILES string of the molecule is O=C(NCCCO)c1cc(-c2cccc(Cl)c2)on1. The molecular weight excluding hydrogens is 268 g/mol. The highest BCUT2D eigenvalue weighted by Crippen LogP contribution is 2.23. The fourth-order valence-electron chi connectivity index (χ4n) is 1.53. The maximum atomic E-state index is 11.7. The van der Waals surface area contributed by atoms with E-state index in [2.05, 4.69) is 10.5 Å². The van der Waals surface area contributed by atoms with E-state index in [0.717, 1.165) is 5.56 Å². The van der Waals surface area contributed by atoms with E-state index in [1.54, 1.807) is 24.3 Å². The molecule has 0 aliphatic heterocycles. The molecule has 1 aromatic heterocycles. The molecule has 2 aromatic rings. The summed E-state index contributed by atoms with van der Waals surface area (Å²) in [5, 5.41) is 15.6. The molecule has 0 aliphatic carbocycles. The normalized spacial score (nSPS) is 10.4. The highest BCUT2D eigenvalue weighted by atomic mass is 35.5. The molecule has 0 fully saturated rings. The minimum Gasteiger partial charge on any atom is -0.396 e. The summed E-state index contributed by atoms with van der Waals surface area (Å²) in [5.41, 5.74) is 0.960. The van der Waals surface area contributed by atoms with Gasteiger partial charge in [0, 0.05) is 29.8 Å². The number of hydrogen-bond donors (Lipinski definition) is 2. The van der Waals surface area contributed by atoms with E-state index < -0.39 is 0 Å². The van der Waals surface area contributed by atoms with E-state index >= 15 is 0 Å². The zero-order chi connectivity index (χ0) is 13.7. The van der Waals surface area contributed by atoms with Gasteiger partial charge in [0.25, 0.3) is 5.91 Å². The number of nitrogens with one attached hydrogen (secondary N) is 1. The number of aliphatic hydroxyl groups is 1. The van der Waals surface area contributed by atoms with Crippen molar-refractivity contribution in [3.05, 3.63) is 41.0 Å². The van der Waals surface area contributed by atoms with Crippen molar-refractivity contribution >= 4 is 17.5 Å². The van der Waals surface area contributed by atoms with Gasteiger partial charge in [0.2, 0.25) is 0 Å². The van der Waals surface area contributed by atoms with Crippen LogP contribution in [-0.2, 0) is 0 Å².